The van der Waals surface area contributed by atoms with Gasteiger partial charge in [0, 0.05) is 11.4 Å². The lowest BCUT2D eigenvalue weighted by Crippen LogP contribution is -2.03. The summed E-state index contributed by atoms with van der Waals surface area (Å²) in [5, 5.41) is 0. The van der Waals surface area contributed by atoms with Gasteiger partial charge in [0.15, 0.2) is 0 Å². The van der Waals surface area contributed by atoms with Gasteiger partial charge in [0.1, 0.15) is 0 Å². The van der Waals surface area contributed by atoms with Gasteiger partial charge in [-0.05, 0) is 120 Å². The largest absolute Gasteiger partial charge is 0.281 e. The summed E-state index contributed by atoms with van der Waals surface area (Å²) in [5.41, 5.74) is 14.2. The molecule has 1 aromatic heterocycles. The minimum absolute atomic E-state index is 0.0102. The SMILES string of the molecule is CC1=NC(C)c2nc(C)ccc2/C=C\CC(c2cc(-c3ccccc3)cc(-c3ccc(C4=CCCC=C4)cc3)c2)=C1. The van der Waals surface area contributed by atoms with E-state index in [-0.39, 0.29) is 6.04 Å². The molecule has 4 aromatic rings. The van der Waals surface area contributed by atoms with Crippen LogP contribution in [0.1, 0.15) is 67.2 Å². The Kier molecular flexibility index (Phi) is 7.73. The van der Waals surface area contributed by atoms with Crippen LogP contribution in [0.15, 0.2) is 120 Å². The van der Waals surface area contributed by atoms with E-state index in [9.17, 15) is 0 Å². The van der Waals surface area contributed by atoms with Crippen LogP contribution in [0.4, 0.5) is 0 Å². The van der Waals surface area contributed by atoms with Crippen molar-refractivity contribution in [2.45, 2.75) is 46.1 Å². The molecule has 6 rings (SSSR count). The average molecular weight is 533 g/mol. The summed E-state index contributed by atoms with van der Waals surface area (Å²) in [6.07, 6.45) is 16.6. The summed E-state index contributed by atoms with van der Waals surface area (Å²) in [7, 11) is 0. The van der Waals surface area contributed by atoms with Crippen LogP contribution in [-0.2, 0) is 0 Å². The number of pyridine rings is 1. The van der Waals surface area contributed by atoms with Crippen molar-refractivity contribution in [2.24, 2.45) is 4.99 Å². The van der Waals surface area contributed by atoms with Gasteiger partial charge in [-0.15, -0.1) is 0 Å². The number of allylic oxidation sites excluding steroid dienone is 7. The van der Waals surface area contributed by atoms with Crippen LogP contribution in [0.25, 0.3) is 39.5 Å². The van der Waals surface area contributed by atoms with Crippen LogP contribution in [0, 0.1) is 6.92 Å². The maximum absolute atomic E-state index is 5.04. The lowest BCUT2D eigenvalue weighted by Gasteiger charge is -2.16. The molecule has 41 heavy (non-hydrogen) atoms. The molecular weight excluding hydrogens is 496 g/mol. The van der Waals surface area contributed by atoms with Gasteiger partial charge in [0.25, 0.3) is 0 Å². The Hall–Kier alpha value is -4.56. The van der Waals surface area contributed by atoms with Gasteiger partial charge in [-0.1, -0.05) is 91.0 Å². The number of rotatable bonds is 4. The number of hydrogen-bond donors (Lipinski definition) is 0. The zero-order valence-corrected chi connectivity index (χ0v) is 24.1. The van der Waals surface area contributed by atoms with Crippen molar-refractivity contribution in [3.05, 3.63) is 143 Å². The molecule has 1 atom stereocenters. The van der Waals surface area contributed by atoms with Crippen LogP contribution >= 0.6 is 0 Å². The molecule has 0 N–H and O–H groups in total. The Bertz CT molecular complexity index is 1710. The Morgan fingerprint density at radius 1 is 0.659 bits per heavy atom. The predicted octanol–water partition coefficient (Wildman–Crippen LogP) is 10.5. The molecule has 1 aliphatic carbocycles. The molecule has 0 spiro atoms. The quantitative estimate of drug-likeness (QED) is 0.257. The number of benzene rings is 3. The van der Waals surface area contributed by atoms with Crippen molar-refractivity contribution >= 4 is 22.9 Å². The van der Waals surface area contributed by atoms with Crippen molar-refractivity contribution in [1.82, 2.24) is 4.98 Å². The van der Waals surface area contributed by atoms with Crippen molar-refractivity contribution in [1.29, 1.82) is 0 Å². The first-order valence-corrected chi connectivity index (χ1v) is 14.6. The summed E-state index contributed by atoms with van der Waals surface area (Å²) in [5.74, 6) is 0. The number of fused-ring (bicyclic) bond motifs is 1. The van der Waals surface area contributed by atoms with Crippen molar-refractivity contribution < 1.29 is 0 Å². The van der Waals surface area contributed by atoms with E-state index >= 15 is 0 Å². The fourth-order valence-electron chi connectivity index (χ4n) is 5.75. The van der Waals surface area contributed by atoms with Crippen molar-refractivity contribution in [3.8, 4) is 22.3 Å². The molecule has 0 radical (unpaired) electrons. The Labute approximate surface area is 244 Å². The monoisotopic (exact) mass is 532 g/mol. The second kappa shape index (κ2) is 11.9. The van der Waals surface area contributed by atoms with Gasteiger partial charge in [0.2, 0.25) is 0 Å². The first kappa shape index (κ1) is 26.7. The lowest BCUT2D eigenvalue weighted by molar-refractivity contribution is 0.775. The topological polar surface area (TPSA) is 25.2 Å². The molecule has 0 saturated heterocycles. The minimum atomic E-state index is -0.0102. The summed E-state index contributed by atoms with van der Waals surface area (Å²) in [6, 6.07) is 30.9. The molecule has 3 aromatic carbocycles. The second-order valence-electron chi connectivity index (χ2n) is 11.0. The maximum Gasteiger partial charge on any atom is 0.0900 e. The van der Waals surface area contributed by atoms with Gasteiger partial charge >= 0.3 is 0 Å². The number of nitrogens with zero attached hydrogens (tertiary/aromatic N) is 2. The molecule has 2 heteroatoms. The summed E-state index contributed by atoms with van der Waals surface area (Å²) in [6.45, 7) is 6.28. The smallest absolute Gasteiger partial charge is 0.0900 e. The molecule has 0 fully saturated rings. The molecule has 0 amide bonds. The molecule has 2 heterocycles. The van der Waals surface area contributed by atoms with Gasteiger partial charge < -0.3 is 0 Å². The molecule has 2 nitrogen and oxygen atoms in total. The highest BCUT2D eigenvalue weighted by atomic mass is 14.8. The second-order valence-corrected chi connectivity index (χ2v) is 11.0. The molecule has 202 valence electrons. The Morgan fingerprint density at radius 2 is 1.37 bits per heavy atom. The summed E-state index contributed by atoms with van der Waals surface area (Å²) >= 11 is 0. The van der Waals surface area contributed by atoms with Crippen LogP contribution in [0.3, 0.4) is 0 Å². The van der Waals surface area contributed by atoms with E-state index in [0.29, 0.717) is 0 Å². The number of hydrogen-bond acceptors (Lipinski definition) is 2. The van der Waals surface area contributed by atoms with E-state index < -0.39 is 0 Å². The van der Waals surface area contributed by atoms with E-state index in [1.54, 1.807) is 0 Å². The van der Waals surface area contributed by atoms with Crippen LogP contribution in [-0.4, -0.2) is 10.7 Å². The third-order valence-corrected chi connectivity index (χ3v) is 7.87. The highest BCUT2D eigenvalue weighted by Crippen LogP contribution is 2.34. The molecule has 0 saturated carbocycles. The third kappa shape index (κ3) is 6.12. The van der Waals surface area contributed by atoms with Crippen molar-refractivity contribution in [2.75, 3.05) is 0 Å². The van der Waals surface area contributed by atoms with Crippen LogP contribution in [0.5, 0.6) is 0 Å². The number of aryl methyl sites for hydroxylation is 1. The minimum Gasteiger partial charge on any atom is -0.281 e. The summed E-state index contributed by atoms with van der Waals surface area (Å²) < 4.78 is 0. The molecular formula is C39H36N2. The van der Waals surface area contributed by atoms with Crippen LogP contribution in [0.2, 0.25) is 0 Å². The zero-order valence-electron chi connectivity index (χ0n) is 24.1. The first-order valence-electron chi connectivity index (χ1n) is 14.6. The standard InChI is InChI=1S/C39H36N2/c1-27-17-18-34-15-10-16-35(23-28(2)40-29(3)39(34)41-27)38-25-36(31-13-8-5-9-14-31)24-37(26-38)33-21-19-32(20-22-33)30-11-6-4-7-12-30/h5-6,8-15,17-26,29H,4,7,16H2,1-3H3/b15-10-,35-23?,40-28?. The molecule has 1 unspecified atom stereocenters. The van der Waals surface area contributed by atoms with E-state index in [0.717, 1.165) is 41.9 Å². The summed E-state index contributed by atoms with van der Waals surface area (Å²) in [4.78, 5) is 9.86. The molecule has 2 aliphatic rings. The van der Waals surface area contributed by atoms with Gasteiger partial charge in [0.05, 0.1) is 11.7 Å². The highest BCUT2D eigenvalue weighted by Gasteiger charge is 2.14. The van der Waals surface area contributed by atoms with E-state index in [2.05, 4.69) is 135 Å². The van der Waals surface area contributed by atoms with Gasteiger partial charge in [-0.2, -0.15) is 0 Å². The molecule has 1 aliphatic heterocycles. The first-order chi connectivity index (χ1) is 20.0. The predicted molar refractivity (Wildman–Crippen MR) is 176 cm³/mol. The van der Waals surface area contributed by atoms with E-state index in [1.807, 2.05) is 6.92 Å². The number of aromatic nitrogens is 1. The third-order valence-electron chi connectivity index (χ3n) is 7.87. The Balaban J connectivity index is 1.43. The van der Waals surface area contributed by atoms with Crippen molar-refractivity contribution in [3.63, 3.8) is 0 Å². The fraction of sp³-hybridized carbons (Fsp3) is 0.179. The Morgan fingerprint density at radius 3 is 2.10 bits per heavy atom. The van der Waals surface area contributed by atoms with E-state index in [1.165, 1.54) is 44.5 Å². The van der Waals surface area contributed by atoms with Crippen LogP contribution < -0.4 is 0 Å². The lowest BCUT2D eigenvalue weighted by atomic mass is 9.90. The average Bonchev–Trinajstić information content (AvgIpc) is 3.01. The highest BCUT2D eigenvalue weighted by molar-refractivity contribution is 6.00. The van der Waals surface area contributed by atoms with Gasteiger partial charge in [-0.25, -0.2) is 0 Å². The normalized spacial score (nSPS) is 17.6. The number of aliphatic imine (C=N–C) groups is 1. The van der Waals surface area contributed by atoms with E-state index in [4.69, 9.17) is 9.98 Å². The maximum atomic E-state index is 5.04. The zero-order chi connectivity index (χ0) is 28.2. The molecule has 0 bridgehead atoms. The van der Waals surface area contributed by atoms with Gasteiger partial charge in [-0.3, -0.25) is 9.98 Å². The fourth-order valence-corrected chi connectivity index (χ4v) is 5.75.